The predicted molar refractivity (Wildman–Crippen MR) is 59.6 cm³/mol. The quantitative estimate of drug-likeness (QED) is 0.689. The topological polar surface area (TPSA) is 58.4 Å². The Labute approximate surface area is 91.6 Å². The van der Waals surface area contributed by atoms with Crippen molar-refractivity contribution in [2.75, 3.05) is 19.6 Å². The molecule has 0 aromatic carbocycles. The van der Waals surface area contributed by atoms with E-state index in [-0.39, 0.29) is 24.4 Å². The number of piperazine rings is 1. The molecule has 1 aliphatic rings. The van der Waals surface area contributed by atoms with Crippen LogP contribution in [-0.4, -0.2) is 42.5 Å². The van der Waals surface area contributed by atoms with E-state index in [4.69, 9.17) is 5.73 Å². The number of amides is 1. The molecule has 0 aromatic heterocycles. The van der Waals surface area contributed by atoms with Crippen molar-refractivity contribution >= 4 is 18.3 Å². The van der Waals surface area contributed by atoms with Crippen molar-refractivity contribution in [3.8, 4) is 0 Å². The Kier molecular flexibility index (Phi) is 6.08. The third-order valence-corrected chi connectivity index (χ3v) is 2.44. The van der Waals surface area contributed by atoms with Crippen molar-refractivity contribution in [3.63, 3.8) is 0 Å². The summed E-state index contributed by atoms with van der Waals surface area (Å²) in [5.41, 5.74) is 5.68. The van der Waals surface area contributed by atoms with Crippen molar-refractivity contribution in [3.05, 3.63) is 0 Å². The summed E-state index contributed by atoms with van der Waals surface area (Å²) in [5, 5.41) is 3.29. The maximum Gasteiger partial charge on any atom is 0.239 e. The van der Waals surface area contributed by atoms with Crippen LogP contribution < -0.4 is 11.1 Å². The summed E-state index contributed by atoms with van der Waals surface area (Å²) in [6, 6.07) is 0.0760. The van der Waals surface area contributed by atoms with Crippen LogP contribution in [0.3, 0.4) is 0 Å². The van der Waals surface area contributed by atoms with Crippen molar-refractivity contribution < 1.29 is 4.79 Å². The highest BCUT2D eigenvalue weighted by molar-refractivity contribution is 5.85. The number of nitrogens with one attached hydrogen (secondary N) is 1. The highest BCUT2D eigenvalue weighted by Gasteiger charge is 2.23. The first-order valence-corrected chi connectivity index (χ1v) is 4.93. The first-order chi connectivity index (χ1) is 6.15. The standard InChI is InChI=1S/C9H19N3O.ClH/c1-3-8(10)9(13)12-5-4-11-7(2)6-12;/h7-8,11H,3-6,10H2,1-2H3;1H/t7-,8+;/m1./s1. The lowest BCUT2D eigenvalue weighted by Crippen LogP contribution is -2.55. The summed E-state index contributed by atoms with van der Waals surface area (Å²) in [7, 11) is 0. The zero-order valence-electron chi connectivity index (χ0n) is 8.82. The Morgan fingerprint density at radius 1 is 1.71 bits per heavy atom. The van der Waals surface area contributed by atoms with E-state index >= 15 is 0 Å². The maximum absolute atomic E-state index is 11.6. The maximum atomic E-state index is 11.6. The molecule has 0 aliphatic carbocycles. The number of hydrogen-bond acceptors (Lipinski definition) is 3. The largest absolute Gasteiger partial charge is 0.339 e. The minimum atomic E-state index is -0.315. The highest BCUT2D eigenvalue weighted by Crippen LogP contribution is 2.02. The molecule has 0 radical (unpaired) electrons. The van der Waals surface area contributed by atoms with Crippen molar-refractivity contribution in [1.29, 1.82) is 0 Å². The summed E-state index contributed by atoms with van der Waals surface area (Å²) in [6.45, 7) is 6.47. The predicted octanol–water partition coefficient (Wildman–Crippen LogP) is -0.0342. The van der Waals surface area contributed by atoms with Crippen LogP contribution in [0.1, 0.15) is 20.3 Å². The molecular formula is C9H20ClN3O. The molecule has 0 aromatic rings. The van der Waals surface area contributed by atoms with Gasteiger partial charge in [0.25, 0.3) is 0 Å². The molecule has 14 heavy (non-hydrogen) atoms. The van der Waals surface area contributed by atoms with Crippen LogP contribution in [0, 0.1) is 0 Å². The van der Waals surface area contributed by atoms with E-state index in [2.05, 4.69) is 12.2 Å². The molecule has 0 saturated carbocycles. The Morgan fingerprint density at radius 3 is 2.86 bits per heavy atom. The van der Waals surface area contributed by atoms with Gasteiger partial charge in [-0.05, 0) is 13.3 Å². The summed E-state index contributed by atoms with van der Waals surface area (Å²) >= 11 is 0. The van der Waals surface area contributed by atoms with Gasteiger partial charge in [0.2, 0.25) is 5.91 Å². The Hall–Kier alpha value is -0.320. The number of halogens is 1. The zero-order chi connectivity index (χ0) is 9.84. The first-order valence-electron chi connectivity index (χ1n) is 4.93. The van der Waals surface area contributed by atoms with E-state index in [1.165, 1.54) is 0 Å². The summed E-state index contributed by atoms with van der Waals surface area (Å²) in [5.74, 6) is 0.0934. The SMILES string of the molecule is CC[C@H](N)C(=O)N1CCN[C@H](C)C1.Cl. The number of carbonyl (C=O) groups is 1. The van der Waals surface area contributed by atoms with Gasteiger partial charge in [0.15, 0.2) is 0 Å². The third kappa shape index (κ3) is 3.44. The van der Waals surface area contributed by atoms with Crippen LogP contribution in [-0.2, 0) is 4.79 Å². The molecule has 1 fully saturated rings. The fourth-order valence-electron chi connectivity index (χ4n) is 1.54. The Morgan fingerprint density at radius 2 is 2.36 bits per heavy atom. The van der Waals surface area contributed by atoms with E-state index in [0.29, 0.717) is 6.04 Å². The summed E-state index contributed by atoms with van der Waals surface area (Å²) in [6.07, 6.45) is 0.719. The Balaban J connectivity index is 0.00000169. The van der Waals surface area contributed by atoms with E-state index in [1.54, 1.807) is 0 Å². The van der Waals surface area contributed by atoms with Crippen LogP contribution in [0.4, 0.5) is 0 Å². The minimum absolute atomic E-state index is 0. The van der Waals surface area contributed by atoms with Crippen LogP contribution in [0.15, 0.2) is 0 Å². The van der Waals surface area contributed by atoms with Gasteiger partial charge < -0.3 is 16.0 Å². The molecule has 1 saturated heterocycles. The number of nitrogens with two attached hydrogens (primary N) is 1. The normalized spacial score (nSPS) is 23.9. The van der Waals surface area contributed by atoms with Crippen LogP contribution in [0.2, 0.25) is 0 Å². The average molecular weight is 222 g/mol. The van der Waals surface area contributed by atoms with Gasteiger partial charge in [-0.2, -0.15) is 0 Å². The molecule has 84 valence electrons. The number of hydrogen-bond donors (Lipinski definition) is 2. The van der Waals surface area contributed by atoms with Gasteiger partial charge in [-0.15, -0.1) is 12.4 Å². The van der Waals surface area contributed by atoms with Crippen molar-refractivity contribution in [2.24, 2.45) is 5.73 Å². The number of rotatable bonds is 2. The summed E-state index contributed by atoms with van der Waals surface area (Å²) in [4.78, 5) is 13.5. The zero-order valence-corrected chi connectivity index (χ0v) is 9.64. The van der Waals surface area contributed by atoms with Gasteiger partial charge in [-0.25, -0.2) is 0 Å². The van der Waals surface area contributed by atoms with E-state index in [0.717, 1.165) is 26.1 Å². The van der Waals surface area contributed by atoms with Crippen LogP contribution in [0.5, 0.6) is 0 Å². The van der Waals surface area contributed by atoms with Gasteiger partial charge in [0.05, 0.1) is 6.04 Å². The monoisotopic (exact) mass is 221 g/mol. The lowest BCUT2D eigenvalue weighted by molar-refractivity contribution is -0.133. The molecule has 0 unspecified atom stereocenters. The van der Waals surface area contributed by atoms with Gasteiger partial charge in [-0.3, -0.25) is 4.79 Å². The lowest BCUT2D eigenvalue weighted by Gasteiger charge is -2.33. The van der Waals surface area contributed by atoms with Crippen LogP contribution in [0.25, 0.3) is 0 Å². The lowest BCUT2D eigenvalue weighted by atomic mass is 10.1. The molecule has 0 bridgehead atoms. The molecular weight excluding hydrogens is 202 g/mol. The second kappa shape index (κ2) is 6.22. The van der Waals surface area contributed by atoms with Crippen LogP contribution >= 0.6 is 12.4 Å². The average Bonchev–Trinajstić information content (AvgIpc) is 2.15. The van der Waals surface area contributed by atoms with Gasteiger partial charge in [0, 0.05) is 25.7 Å². The molecule has 1 aliphatic heterocycles. The van der Waals surface area contributed by atoms with Gasteiger partial charge >= 0.3 is 0 Å². The second-order valence-electron chi connectivity index (χ2n) is 3.65. The van der Waals surface area contributed by atoms with Crippen molar-refractivity contribution in [2.45, 2.75) is 32.4 Å². The molecule has 3 N–H and O–H groups in total. The van der Waals surface area contributed by atoms with E-state index in [1.807, 2.05) is 11.8 Å². The fourth-order valence-corrected chi connectivity index (χ4v) is 1.54. The highest BCUT2D eigenvalue weighted by atomic mass is 35.5. The number of nitrogens with zero attached hydrogens (tertiary/aromatic N) is 1. The molecule has 1 rings (SSSR count). The van der Waals surface area contributed by atoms with Crippen molar-refractivity contribution in [1.82, 2.24) is 10.2 Å². The molecule has 1 amide bonds. The number of carbonyl (C=O) groups excluding carboxylic acids is 1. The molecule has 2 atom stereocenters. The molecule has 1 heterocycles. The van der Waals surface area contributed by atoms with E-state index in [9.17, 15) is 4.79 Å². The molecule has 0 spiro atoms. The second-order valence-corrected chi connectivity index (χ2v) is 3.65. The summed E-state index contributed by atoms with van der Waals surface area (Å²) < 4.78 is 0. The Bertz CT molecular complexity index is 189. The van der Waals surface area contributed by atoms with E-state index < -0.39 is 0 Å². The van der Waals surface area contributed by atoms with Gasteiger partial charge in [-0.1, -0.05) is 6.92 Å². The smallest absolute Gasteiger partial charge is 0.239 e. The van der Waals surface area contributed by atoms with Gasteiger partial charge in [0.1, 0.15) is 0 Å². The fraction of sp³-hybridized carbons (Fsp3) is 0.889. The minimum Gasteiger partial charge on any atom is -0.339 e. The first kappa shape index (κ1) is 13.7. The molecule has 5 heteroatoms. The third-order valence-electron chi connectivity index (χ3n) is 2.44. The molecule has 4 nitrogen and oxygen atoms in total.